The van der Waals surface area contributed by atoms with E-state index in [4.69, 9.17) is 33.3 Å². The maximum absolute atomic E-state index is 12.7. The lowest BCUT2D eigenvalue weighted by Crippen LogP contribution is -2.34. The predicted octanol–water partition coefficient (Wildman–Crippen LogP) is 4.11. The predicted molar refractivity (Wildman–Crippen MR) is 103 cm³/mol. The normalized spacial score (nSPS) is 17.3. The SMILES string of the molecule is O=C1/C(=C\c2ccc3c(c2)OCO3)SC(=S)N1C(=O)c1ccccc1Cl. The van der Waals surface area contributed by atoms with Crippen molar-refractivity contribution in [2.45, 2.75) is 0 Å². The third-order valence-electron chi connectivity index (χ3n) is 3.80. The lowest BCUT2D eigenvalue weighted by atomic mass is 10.1. The Morgan fingerprint density at radius 3 is 2.77 bits per heavy atom. The summed E-state index contributed by atoms with van der Waals surface area (Å²) < 4.78 is 10.8. The number of hydrogen-bond donors (Lipinski definition) is 0. The number of imide groups is 1. The molecule has 26 heavy (non-hydrogen) atoms. The van der Waals surface area contributed by atoms with Gasteiger partial charge in [0.15, 0.2) is 15.8 Å². The summed E-state index contributed by atoms with van der Waals surface area (Å²) in [6, 6.07) is 11.9. The number of rotatable bonds is 2. The first-order valence-electron chi connectivity index (χ1n) is 7.51. The van der Waals surface area contributed by atoms with E-state index in [1.807, 2.05) is 0 Å². The molecule has 0 unspecified atom stereocenters. The highest BCUT2D eigenvalue weighted by Gasteiger charge is 2.38. The van der Waals surface area contributed by atoms with E-state index in [2.05, 4.69) is 0 Å². The van der Waals surface area contributed by atoms with Gasteiger partial charge >= 0.3 is 0 Å². The molecule has 2 aromatic carbocycles. The van der Waals surface area contributed by atoms with E-state index < -0.39 is 11.8 Å². The van der Waals surface area contributed by atoms with Crippen LogP contribution in [0.4, 0.5) is 0 Å². The smallest absolute Gasteiger partial charge is 0.273 e. The molecule has 2 heterocycles. The van der Waals surface area contributed by atoms with E-state index in [1.54, 1.807) is 48.5 Å². The average molecular weight is 404 g/mol. The maximum Gasteiger partial charge on any atom is 0.273 e. The molecule has 0 radical (unpaired) electrons. The number of fused-ring (bicyclic) bond motifs is 1. The number of amides is 2. The zero-order valence-electron chi connectivity index (χ0n) is 13.1. The summed E-state index contributed by atoms with van der Waals surface area (Å²) in [7, 11) is 0. The molecule has 0 spiro atoms. The first kappa shape index (κ1) is 17.1. The maximum atomic E-state index is 12.7. The topological polar surface area (TPSA) is 55.8 Å². The summed E-state index contributed by atoms with van der Waals surface area (Å²) in [5.74, 6) is 0.264. The molecule has 5 nitrogen and oxygen atoms in total. The molecule has 1 saturated heterocycles. The molecule has 1 fully saturated rings. The van der Waals surface area contributed by atoms with E-state index in [-0.39, 0.29) is 21.7 Å². The third-order valence-corrected chi connectivity index (χ3v) is 5.43. The second-order valence-corrected chi connectivity index (χ2v) is 7.50. The second kappa shape index (κ2) is 6.75. The Morgan fingerprint density at radius 2 is 1.96 bits per heavy atom. The lowest BCUT2D eigenvalue weighted by molar-refractivity contribution is -0.120. The van der Waals surface area contributed by atoms with Gasteiger partial charge in [-0.15, -0.1) is 0 Å². The van der Waals surface area contributed by atoms with Gasteiger partial charge in [-0.05, 0) is 35.9 Å². The quantitative estimate of drug-likeness (QED) is 0.427. The number of halogens is 1. The van der Waals surface area contributed by atoms with Crippen LogP contribution in [0.15, 0.2) is 47.4 Å². The van der Waals surface area contributed by atoms with Gasteiger partial charge in [0.1, 0.15) is 0 Å². The van der Waals surface area contributed by atoms with Crippen molar-refractivity contribution < 1.29 is 19.1 Å². The summed E-state index contributed by atoms with van der Waals surface area (Å²) in [6.07, 6.45) is 1.67. The molecule has 0 aromatic heterocycles. The van der Waals surface area contributed by atoms with E-state index in [1.165, 1.54) is 0 Å². The molecular weight excluding hydrogens is 394 g/mol. The van der Waals surface area contributed by atoms with Crippen molar-refractivity contribution in [1.29, 1.82) is 0 Å². The van der Waals surface area contributed by atoms with Crippen LogP contribution in [-0.2, 0) is 4.79 Å². The minimum absolute atomic E-state index is 0.173. The standard InChI is InChI=1S/C18H10ClNO4S2/c19-12-4-2-1-3-11(12)16(21)20-17(22)15(26-18(20)25)8-10-5-6-13-14(7-10)24-9-23-13/h1-8H,9H2/b15-8+. The van der Waals surface area contributed by atoms with Gasteiger partial charge in [0.25, 0.3) is 11.8 Å². The van der Waals surface area contributed by atoms with Gasteiger partial charge in [-0.3, -0.25) is 9.59 Å². The Kier molecular flexibility index (Phi) is 4.44. The number of thiocarbonyl (C=S) groups is 1. The van der Waals surface area contributed by atoms with E-state index >= 15 is 0 Å². The minimum Gasteiger partial charge on any atom is -0.454 e. The van der Waals surface area contributed by atoms with Gasteiger partial charge in [-0.2, -0.15) is 0 Å². The molecule has 0 N–H and O–H groups in total. The monoisotopic (exact) mass is 403 g/mol. The first-order chi connectivity index (χ1) is 12.5. The van der Waals surface area contributed by atoms with Crippen LogP contribution in [-0.4, -0.2) is 27.8 Å². The average Bonchev–Trinajstić information content (AvgIpc) is 3.19. The number of ether oxygens (including phenoxy) is 2. The Labute approximate surface area is 163 Å². The summed E-state index contributed by atoms with van der Waals surface area (Å²) in [6.45, 7) is 0.174. The van der Waals surface area contributed by atoms with Crippen LogP contribution in [0.3, 0.4) is 0 Å². The zero-order valence-corrected chi connectivity index (χ0v) is 15.5. The van der Waals surface area contributed by atoms with Crippen molar-refractivity contribution in [2.75, 3.05) is 6.79 Å². The molecule has 130 valence electrons. The lowest BCUT2D eigenvalue weighted by Gasteiger charge is -2.13. The Morgan fingerprint density at radius 1 is 1.19 bits per heavy atom. The number of hydrogen-bond acceptors (Lipinski definition) is 6. The molecular formula is C18H10ClNO4S2. The van der Waals surface area contributed by atoms with Crippen molar-refractivity contribution >= 4 is 57.8 Å². The fourth-order valence-corrected chi connectivity index (χ4v) is 4.02. The fourth-order valence-electron chi connectivity index (χ4n) is 2.55. The second-order valence-electron chi connectivity index (χ2n) is 5.41. The van der Waals surface area contributed by atoms with Gasteiger partial charge < -0.3 is 9.47 Å². The highest BCUT2D eigenvalue weighted by molar-refractivity contribution is 8.26. The van der Waals surface area contributed by atoms with Crippen LogP contribution in [0.2, 0.25) is 5.02 Å². The van der Waals surface area contributed by atoms with Crippen LogP contribution in [0.25, 0.3) is 6.08 Å². The van der Waals surface area contributed by atoms with Gasteiger partial charge in [0.05, 0.1) is 15.5 Å². The Hall–Kier alpha value is -2.35. The summed E-state index contributed by atoms with van der Waals surface area (Å²) in [5, 5.41) is 0.270. The molecule has 0 bridgehead atoms. The van der Waals surface area contributed by atoms with Crippen molar-refractivity contribution in [3.63, 3.8) is 0 Å². The third kappa shape index (κ3) is 2.98. The zero-order chi connectivity index (χ0) is 18.3. The largest absolute Gasteiger partial charge is 0.454 e. The highest BCUT2D eigenvalue weighted by atomic mass is 35.5. The van der Waals surface area contributed by atoms with Crippen molar-refractivity contribution in [1.82, 2.24) is 4.90 Å². The molecule has 4 rings (SSSR count). The van der Waals surface area contributed by atoms with Crippen LogP contribution in [0.5, 0.6) is 11.5 Å². The Bertz CT molecular complexity index is 989. The van der Waals surface area contributed by atoms with Crippen molar-refractivity contribution in [3.8, 4) is 11.5 Å². The van der Waals surface area contributed by atoms with Gasteiger partial charge in [-0.25, -0.2) is 4.90 Å². The number of benzene rings is 2. The van der Waals surface area contributed by atoms with Gasteiger partial charge in [-0.1, -0.05) is 53.8 Å². The number of carbonyl (C=O) groups excluding carboxylic acids is 2. The van der Waals surface area contributed by atoms with Crippen molar-refractivity contribution in [2.24, 2.45) is 0 Å². The molecule has 2 amide bonds. The first-order valence-corrected chi connectivity index (χ1v) is 9.11. The summed E-state index contributed by atoms with van der Waals surface area (Å²) in [4.78, 5) is 26.7. The summed E-state index contributed by atoms with van der Waals surface area (Å²) >= 11 is 12.4. The molecule has 8 heteroatoms. The summed E-state index contributed by atoms with van der Waals surface area (Å²) in [5.41, 5.74) is 0.981. The van der Waals surface area contributed by atoms with Crippen LogP contribution >= 0.6 is 35.6 Å². The Balaban J connectivity index is 1.63. The number of carbonyl (C=O) groups is 2. The van der Waals surface area contributed by atoms with Crippen molar-refractivity contribution in [3.05, 3.63) is 63.5 Å². The molecule has 2 aromatic rings. The van der Waals surface area contributed by atoms with E-state index in [9.17, 15) is 9.59 Å². The molecule has 2 aliphatic heterocycles. The van der Waals surface area contributed by atoms with E-state index in [0.717, 1.165) is 22.2 Å². The van der Waals surface area contributed by atoms with Crippen LogP contribution < -0.4 is 9.47 Å². The fraction of sp³-hybridized carbons (Fsp3) is 0.0556. The molecule has 0 saturated carbocycles. The van der Waals surface area contributed by atoms with Gasteiger partial charge in [0, 0.05) is 0 Å². The minimum atomic E-state index is -0.535. The van der Waals surface area contributed by atoms with E-state index in [0.29, 0.717) is 16.4 Å². The highest BCUT2D eigenvalue weighted by Crippen LogP contribution is 2.37. The van der Waals surface area contributed by atoms with Gasteiger partial charge in [0.2, 0.25) is 6.79 Å². The molecule has 2 aliphatic rings. The van der Waals surface area contributed by atoms with Crippen LogP contribution in [0, 0.1) is 0 Å². The molecule has 0 atom stereocenters. The van der Waals surface area contributed by atoms with Crippen LogP contribution in [0.1, 0.15) is 15.9 Å². The molecule has 0 aliphatic carbocycles. The number of thioether (sulfide) groups is 1. The number of nitrogens with zero attached hydrogens (tertiary/aromatic N) is 1.